The van der Waals surface area contributed by atoms with Gasteiger partial charge in [0.15, 0.2) is 0 Å². The maximum Gasteiger partial charge on any atom is 0.419 e. The van der Waals surface area contributed by atoms with Crippen molar-refractivity contribution in [1.82, 2.24) is 0 Å². The molecule has 0 unspecified atom stereocenters. The van der Waals surface area contributed by atoms with Crippen LogP contribution in [0.4, 0.5) is 38.1 Å². The molecule has 0 spiro atoms. The number of hydrogen-bond donors (Lipinski definition) is 2. The summed E-state index contributed by atoms with van der Waals surface area (Å²) in [5, 5.41) is 4.43. The summed E-state index contributed by atoms with van der Waals surface area (Å²) in [6, 6.07) is 4.86. The third-order valence-corrected chi connectivity index (χ3v) is 3.39. The van der Waals surface area contributed by atoms with Crippen molar-refractivity contribution in [3.8, 4) is 0 Å². The number of anilines is 2. The number of carbonyl (C=O) groups is 2. The normalized spacial score (nSPS) is 11.7. The van der Waals surface area contributed by atoms with E-state index in [0.29, 0.717) is 12.1 Å². The molecule has 2 amide bonds. The Morgan fingerprint density at radius 2 is 1.52 bits per heavy atom. The fourth-order valence-corrected chi connectivity index (χ4v) is 2.20. The lowest BCUT2D eigenvalue weighted by molar-refractivity contribution is -0.140. The van der Waals surface area contributed by atoms with Crippen LogP contribution in [-0.4, -0.2) is 17.6 Å². The summed E-state index contributed by atoms with van der Waals surface area (Å²) >= 11 is 0. The molecule has 0 radical (unpaired) electrons. The first kappa shape index (κ1) is 22.1. The molecule has 5 nitrogen and oxygen atoms in total. The van der Waals surface area contributed by atoms with Gasteiger partial charge in [0.05, 0.1) is 11.3 Å². The number of hydrogen-bond acceptors (Lipinski definition) is 3. The number of amides is 2. The highest BCUT2D eigenvalue weighted by atomic mass is 19.4. The number of carbonyl (C=O) groups excluding carboxylic acids is 2. The van der Waals surface area contributed by atoms with Gasteiger partial charge in [-0.1, -0.05) is 0 Å². The highest BCUT2D eigenvalue weighted by Crippen LogP contribution is 2.32. The average molecular weight is 416 g/mol. The molecule has 2 N–H and O–H groups in total. The van der Waals surface area contributed by atoms with Crippen molar-refractivity contribution < 1.29 is 36.3 Å². The van der Waals surface area contributed by atoms with Crippen molar-refractivity contribution in [1.29, 1.82) is 0 Å². The molecule has 0 fully saturated rings. The second-order valence-corrected chi connectivity index (χ2v) is 6.97. The number of rotatable bonds is 3. The maximum atomic E-state index is 14.0. The van der Waals surface area contributed by atoms with Gasteiger partial charge in [-0.2, -0.15) is 13.2 Å². The van der Waals surface area contributed by atoms with Crippen LogP contribution in [0.25, 0.3) is 0 Å². The third-order valence-electron chi connectivity index (χ3n) is 3.39. The Balaban J connectivity index is 2.22. The van der Waals surface area contributed by atoms with Crippen LogP contribution in [0.15, 0.2) is 36.4 Å². The Hall–Kier alpha value is -3.17. The molecule has 0 heterocycles. The molecule has 0 saturated carbocycles. The van der Waals surface area contributed by atoms with Gasteiger partial charge in [-0.15, -0.1) is 0 Å². The molecule has 29 heavy (non-hydrogen) atoms. The van der Waals surface area contributed by atoms with E-state index in [1.807, 2.05) is 0 Å². The van der Waals surface area contributed by atoms with Crippen LogP contribution in [-0.2, 0) is 10.9 Å². The van der Waals surface area contributed by atoms with Crippen LogP contribution in [0.3, 0.4) is 0 Å². The van der Waals surface area contributed by atoms with Crippen LogP contribution < -0.4 is 10.6 Å². The summed E-state index contributed by atoms with van der Waals surface area (Å²) in [5.74, 6) is -3.53. The lowest BCUT2D eigenvalue weighted by Gasteiger charge is -2.20. The van der Waals surface area contributed by atoms with E-state index in [-0.39, 0.29) is 5.69 Å². The smallest absolute Gasteiger partial charge is 0.419 e. The fraction of sp³-hybridized carbons (Fsp3) is 0.263. The average Bonchev–Trinajstić information content (AvgIpc) is 2.55. The van der Waals surface area contributed by atoms with Crippen LogP contribution in [0.1, 0.15) is 36.7 Å². The molecule has 0 bridgehead atoms. The molecular weight excluding hydrogens is 399 g/mol. The summed E-state index contributed by atoms with van der Waals surface area (Å²) in [7, 11) is 0. The standard InChI is InChI=1S/C19H17F5N2O3/c1-18(2,3)29-17(28)25-11-5-7-14(21)15(9-11)26-16(27)10-4-6-13(20)12(8-10)19(22,23)24/h4-9H,1-3H3,(H,25,28)(H,26,27). The first-order chi connectivity index (χ1) is 13.3. The Labute approximate surface area is 162 Å². The molecule has 2 rings (SSSR count). The zero-order chi connectivity index (χ0) is 22.0. The predicted molar refractivity (Wildman–Crippen MR) is 95.6 cm³/mol. The Bertz CT molecular complexity index is 936. The zero-order valence-electron chi connectivity index (χ0n) is 15.6. The minimum Gasteiger partial charge on any atom is -0.444 e. The van der Waals surface area contributed by atoms with E-state index in [2.05, 4.69) is 10.6 Å². The summed E-state index contributed by atoms with van der Waals surface area (Å²) in [5.41, 5.74) is -3.25. The van der Waals surface area contributed by atoms with Crippen LogP contribution in [0, 0.1) is 11.6 Å². The summed E-state index contributed by atoms with van der Waals surface area (Å²) < 4.78 is 70.8. The first-order valence-electron chi connectivity index (χ1n) is 8.24. The van der Waals surface area contributed by atoms with Gasteiger partial charge in [-0.25, -0.2) is 13.6 Å². The molecule has 0 aliphatic carbocycles. The molecule has 156 valence electrons. The number of alkyl halides is 3. The van der Waals surface area contributed by atoms with E-state index in [0.717, 1.165) is 18.2 Å². The monoisotopic (exact) mass is 416 g/mol. The number of nitrogens with one attached hydrogen (secondary N) is 2. The lowest BCUT2D eigenvalue weighted by Crippen LogP contribution is -2.27. The number of benzene rings is 2. The topological polar surface area (TPSA) is 67.4 Å². The molecule has 10 heteroatoms. The Kier molecular flexibility index (Phi) is 6.15. The highest BCUT2D eigenvalue weighted by molar-refractivity contribution is 6.04. The SMILES string of the molecule is CC(C)(C)OC(=O)Nc1ccc(F)c(NC(=O)c2ccc(F)c(C(F)(F)F)c2)c1. The fourth-order valence-electron chi connectivity index (χ4n) is 2.20. The molecule has 2 aromatic rings. The summed E-state index contributed by atoms with van der Waals surface area (Å²) in [4.78, 5) is 24.0. The molecule has 2 aromatic carbocycles. The lowest BCUT2D eigenvalue weighted by atomic mass is 10.1. The van der Waals surface area contributed by atoms with Gasteiger partial charge in [0.2, 0.25) is 0 Å². The van der Waals surface area contributed by atoms with E-state index in [9.17, 15) is 31.5 Å². The molecule has 0 aliphatic heterocycles. The summed E-state index contributed by atoms with van der Waals surface area (Å²) in [6.07, 6.45) is -5.82. The Morgan fingerprint density at radius 3 is 2.10 bits per heavy atom. The van der Waals surface area contributed by atoms with Crippen molar-refractivity contribution in [3.05, 3.63) is 59.2 Å². The van der Waals surface area contributed by atoms with Crippen LogP contribution in [0.5, 0.6) is 0 Å². The largest absolute Gasteiger partial charge is 0.444 e. The van der Waals surface area contributed by atoms with Crippen LogP contribution >= 0.6 is 0 Å². The van der Waals surface area contributed by atoms with Gasteiger partial charge in [-0.05, 0) is 57.2 Å². The van der Waals surface area contributed by atoms with Crippen molar-refractivity contribution in [2.75, 3.05) is 10.6 Å². The van der Waals surface area contributed by atoms with Crippen molar-refractivity contribution in [2.45, 2.75) is 32.5 Å². The minimum atomic E-state index is -5.00. The minimum absolute atomic E-state index is 0.0750. The highest BCUT2D eigenvalue weighted by Gasteiger charge is 2.34. The molecule has 0 atom stereocenters. The zero-order valence-corrected chi connectivity index (χ0v) is 15.6. The molecular formula is C19H17F5N2O3. The van der Waals surface area contributed by atoms with Gasteiger partial charge >= 0.3 is 12.3 Å². The third kappa shape index (κ3) is 6.16. The van der Waals surface area contributed by atoms with Gasteiger partial charge in [-0.3, -0.25) is 10.1 Å². The predicted octanol–water partition coefficient (Wildman–Crippen LogP) is 5.58. The van der Waals surface area contributed by atoms with Crippen molar-refractivity contribution in [2.24, 2.45) is 0 Å². The van der Waals surface area contributed by atoms with E-state index in [1.54, 1.807) is 20.8 Å². The van der Waals surface area contributed by atoms with E-state index in [1.165, 1.54) is 6.07 Å². The van der Waals surface area contributed by atoms with E-state index in [4.69, 9.17) is 4.74 Å². The molecule has 0 aliphatic rings. The van der Waals surface area contributed by atoms with Gasteiger partial charge in [0.1, 0.15) is 17.2 Å². The van der Waals surface area contributed by atoms with Crippen molar-refractivity contribution in [3.63, 3.8) is 0 Å². The van der Waals surface area contributed by atoms with Crippen molar-refractivity contribution >= 4 is 23.4 Å². The second kappa shape index (κ2) is 8.06. The Morgan fingerprint density at radius 1 is 0.897 bits per heavy atom. The number of halogens is 5. The van der Waals surface area contributed by atoms with Gasteiger partial charge < -0.3 is 10.1 Å². The summed E-state index contributed by atoms with van der Waals surface area (Å²) in [6.45, 7) is 4.92. The van der Waals surface area contributed by atoms with Gasteiger partial charge in [0.25, 0.3) is 5.91 Å². The number of ether oxygens (including phenoxy) is 1. The van der Waals surface area contributed by atoms with Gasteiger partial charge in [0, 0.05) is 11.3 Å². The quantitative estimate of drug-likeness (QED) is 0.642. The maximum absolute atomic E-state index is 14.0. The van der Waals surface area contributed by atoms with Crippen LogP contribution in [0.2, 0.25) is 0 Å². The van der Waals surface area contributed by atoms with E-state index >= 15 is 0 Å². The van der Waals surface area contributed by atoms with E-state index < -0.39 is 52.2 Å². The second-order valence-electron chi connectivity index (χ2n) is 6.97. The molecule has 0 saturated heterocycles. The molecule has 0 aromatic heterocycles. The first-order valence-corrected chi connectivity index (χ1v) is 8.24.